The van der Waals surface area contributed by atoms with E-state index in [4.69, 9.17) is 17.3 Å². The molecule has 1 aromatic rings. The third-order valence-corrected chi connectivity index (χ3v) is 3.69. The summed E-state index contributed by atoms with van der Waals surface area (Å²) in [5.74, 6) is -0.00430. The van der Waals surface area contributed by atoms with Gasteiger partial charge >= 0.3 is 0 Å². The van der Waals surface area contributed by atoms with Gasteiger partial charge in [-0.2, -0.15) is 0 Å². The lowest BCUT2D eigenvalue weighted by Crippen LogP contribution is -2.43. The SMILES string of the molecule is CCNC(=O)CN(C)C(c1ccccc1Cl)C(N)CC. The van der Waals surface area contributed by atoms with E-state index in [-0.39, 0.29) is 18.0 Å². The normalized spacial score (nSPS) is 14.1. The first-order valence-electron chi connectivity index (χ1n) is 6.98. The van der Waals surface area contributed by atoms with E-state index in [1.165, 1.54) is 0 Å². The molecule has 0 saturated heterocycles. The third-order valence-electron chi connectivity index (χ3n) is 3.34. The molecule has 0 heterocycles. The van der Waals surface area contributed by atoms with Gasteiger partial charge in [0.2, 0.25) is 5.91 Å². The van der Waals surface area contributed by atoms with E-state index in [0.717, 1.165) is 12.0 Å². The van der Waals surface area contributed by atoms with Crippen molar-refractivity contribution in [3.05, 3.63) is 34.9 Å². The van der Waals surface area contributed by atoms with E-state index in [1.807, 2.05) is 50.1 Å². The maximum Gasteiger partial charge on any atom is 0.234 e. The molecule has 0 bridgehead atoms. The second kappa shape index (κ2) is 8.25. The van der Waals surface area contributed by atoms with E-state index in [2.05, 4.69) is 5.32 Å². The second-order valence-electron chi connectivity index (χ2n) is 4.91. The zero-order chi connectivity index (χ0) is 15.1. The van der Waals surface area contributed by atoms with E-state index in [9.17, 15) is 4.79 Å². The highest BCUT2D eigenvalue weighted by Gasteiger charge is 2.26. The number of amides is 1. The summed E-state index contributed by atoms with van der Waals surface area (Å²) in [6.07, 6.45) is 0.815. The van der Waals surface area contributed by atoms with E-state index >= 15 is 0 Å². The Kier molecular flexibility index (Phi) is 6.99. The quantitative estimate of drug-likeness (QED) is 0.811. The Labute approximate surface area is 126 Å². The number of nitrogens with two attached hydrogens (primary N) is 1. The zero-order valence-corrected chi connectivity index (χ0v) is 13.2. The maximum absolute atomic E-state index is 11.8. The van der Waals surface area contributed by atoms with Crippen molar-refractivity contribution in [1.29, 1.82) is 0 Å². The molecule has 3 N–H and O–H groups in total. The molecule has 0 aliphatic heterocycles. The molecule has 1 amide bonds. The molecule has 1 aromatic carbocycles. The minimum atomic E-state index is -0.0747. The number of nitrogens with zero attached hydrogens (tertiary/aromatic N) is 1. The minimum Gasteiger partial charge on any atom is -0.355 e. The van der Waals surface area contributed by atoms with Crippen molar-refractivity contribution in [1.82, 2.24) is 10.2 Å². The average molecular weight is 298 g/mol. The van der Waals surface area contributed by atoms with E-state index in [0.29, 0.717) is 18.1 Å². The molecule has 2 unspecified atom stereocenters. The Morgan fingerprint density at radius 2 is 2.05 bits per heavy atom. The van der Waals surface area contributed by atoms with Crippen LogP contribution in [0.4, 0.5) is 0 Å². The van der Waals surface area contributed by atoms with Crippen molar-refractivity contribution in [2.75, 3.05) is 20.1 Å². The topological polar surface area (TPSA) is 58.4 Å². The highest BCUT2D eigenvalue weighted by molar-refractivity contribution is 6.31. The predicted octanol–water partition coefficient (Wildman–Crippen LogP) is 2.19. The van der Waals surface area contributed by atoms with Crippen LogP contribution in [0.2, 0.25) is 5.02 Å². The van der Waals surface area contributed by atoms with Crippen LogP contribution in [0.3, 0.4) is 0 Å². The number of halogens is 1. The van der Waals surface area contributed by atoms with Crippen LogP contribution in [0.25, 0.3) is 0 Å². The largest absolute Gasteiger partial charge is 0.355 e. The molecule has 2 atom stereocenters. The van der Waals surface area contributed by atoms with Crippen LogP contribution in [0, 0.1) is 0 Å². The summed E-state index contributed by atoms with van der Waals surface area (Å²) in [6, 6.07) is 7.51. The Morgan fingerprint density at radius 3 is 2.60 bits per heavy atom. The lowest BCUT2D eigenvalue weighted by Gasteiger charge is -2.32. The van der Waals surface area contributed by atoms with Crippen molar-refractivity contribution in [3.63, 3.8) is 0 Å². The van der Waals surface area contributed by atoms with Crippen molar-refractivity contribution < 1.29 is 4.79 Å². The van der Waals surface area contributed by atoms with Gasteiger partial charge in [0, 0.05) is 17.6 Å². The first kappa shape index (κ1) is 17.0. The van der Waals surface area contributed by atoms with E-state index in [1.54, 1.807) is 0 Å². The lowest BCUT2D eigenvalue weighted by atomic mass is 9.96. The van der Waals surface area contributed by atoms with Crippen LogP contribution >= 0.6 is 11.6 Å². The molecule has 0 aliphatic carbocycles. The smallest absolute Gasteiger partial charge is 0.234 e. The highest BCUT2D eigenvalue weighted by Crippen LogP contribution is 2.29. The number of benzene rings is 1. The van der Waals surface area contributed by atoms with Crippen LogP contribution in [0.1, 0.15) is 31.9 Å². The number of hydrogen-bond donors (Lipinski definition) is 2. The summed E-state index contributed by atoms with van der Waals surface area (Å²) in [4.78, 5) is 13.7. The Morgan fingerprint density at radius 1 is 1.40 bits per heavy atom. The number of rotatable bonds is 7. The average Bonchev–Trinajstić information content (AvgIpc) is 2.41. The van der Waals surface area contributed by atoms with Gasteiger partial charge in [-0.1, -0.05) is 36.7 Å². The van der Waals surface area contributed by atoms with Gasteiger partial charge in [0.05, 0.1) is 12.6 Å². The molecule has 0 aromatic heterocycles. The van der Waals surface area contributed by atoms with Crippen molar-refractivity contribution in [3.8, 4) is 0 Å². The monoisotopic (exact) mass is 297 g/mol. The Balaban J connectivity index is 2.95. The second-order valence-corrected chi connectivity index (χ2v) is 5.31. The summed E-state index contributed by atoms with van der Waals surface area (Å²) >= 11 is 6.28. The van der Waals surface area contributed by atoms with Crippen LogP contribution in [-0.4, -0.2) is 37.0 Å². The maximum atomic E-state index is 11.8. The van der Waals surface area contributed by atoms with Crippen LogP contribution in [0.5, 0.6) is 0 Å². The number of likely N-dealkylation sites (N-methyl/N-ethyl adjacent to an activating group) is 2. The van der Waals surface area contributed by atoms with Gasteiger partial charge in [-0.15, -0.1) is 0 Å². The lowest BCUT2D eigenvalue weighted by molar-refractivity contribution is -0.122. The van der Waals surface area contributed by atoms with Crippen LogP contribution < -0.4 is 11.1 Å². The molecule has 0 saturated carbocycles. The number of hydrogen-bond acceptors (Lipinski definition) is 3. The van der Waals surface area contributed by atoms with Gasteiger partial charge in [0.15, 0.2) is 0 Å². The minimum absolute atomic E-state index is 0.00430. The fraction of sp³-hybridized carbons (Fsp3) is 0.533. The number of carbonyl (C=O) groups is 1. The summed E-state index contributed by atoms with van der Waals surface area (Å²) < 4.78 is 0. The molecule has 5 heteroatoms. The standard InChI is InChI=1S/C15H24ClN3O/c1-4-13(17)15(11-8-6-7-9-12(11)16)19(3)10-14(20)18-5-2/h6-9,13,15H,4-5,10,17H2,1-3H3,(H,18,20). The van der Waals surface area contributed by atoms with Gasteiger partial charge in [0.25, 0.3) is 0 Å². The van der Waals surface area contributed by atoms with Crippen molar-refractivity contribution >= 4 is 17.5 Å². The van der Waals surface area contributed by atoms with Gasteiger partial charge in [-0.05, 0) is 32.0 Å². The highest BCUT2D eigenvalue weighted by atomic mass is 35.5. The molecule has 1 rings (SSSR count). The van der Waals surface area contributed by atoms with Crippen molar-refractivity contribution in [2.45, 2.75) is 32.4 Å². The van der Waals surface area contributed by atoms with E-state index < -0.39 is 0 Å². The molecule has 0 fully saturated rings. The molecule has 4 nitrogen and oxygen atoms in total. The number of carbonyl (C=O) groups excluding carboxylic acids is 1. The Bertz CT molecular complexity index is 439. The third kappa shape index (κ3) is 4.47. The summed E-state index contributed by atoms with van der Waals surface area (Å²) in [5, 5.41) is 3.48. The molecule has 0 radical (unpaired) electrons. The fourth-order valence-corrected chi connectivity index (χ4v) is 2.56. The molecule has 0 aliphatic rings. The fourth-order valence-electron chi connectivity index (χ4n) is 2.31. The first-order valence-corrected chi connectivity index (χ1v) is 7.35. The molecule has 20 heavy (non-hydrogen) atoms. The zero-order valence-electron chi connectivity index (χ0n) is 12.4. The Hall–Kier alpha value is -1.10. The first-order chi connectivity index (χ1) is 9.51. The molecular weight excluding hydrogens is 274 g/mol. The summed E-state index contributed by atoms with van der Waals surface area (Å²) in [6.45, 7) is 4.87. The summed E-state index contributed by atoms with van der Waals surface area (Å²) in [7, 11) is 1.90. The van der Waals surface area contributed by atoms with Gasteiger partial charge in [0.1, 0.15) is 0 Å². The van der Waals surface area contributed by atoms with Crippen LogP contribution in [-0.2, 0) is 4.79 Å². The van der Waals surface area contributed by atoms with Crippen molar-refractivity contribution in [2.24, 2.45) is 5.73 Å². The molecule has 112 valence electrons. The van der Waals surface area contributed by atoms with Crippen LogP contribution in [0.15, 0.2) is 24.3 Å². The predicted molar refractivity (Wildman–Crippen MR) is 83.8 cm³/mol. The molecular formula is C15H24ClN3O. The van der Waals surface area contributed by atoms with Gasteiger partial charge in [-0.3, -0.25) is 9.69 Å². The van der Waals surface area contributed by atoms with Gasteiger partial charge < -0.3 is 11.1 Å². The molecule has 0 spiro atoms. The summed E-state index contributed by atoms with van der Waals surface area (Å²) in [5.41, 5.74) is 7.20. The number of nitrogens with one attached hydrogen (secondary N) is 1. The van der Waals surface area contributed by atoms with Gasteiger partial charge in [-0.25, -0.2) is 0 Å².